The van der Waals surface area contributed by atoms with E-state index < -0.39 is 0 Å². The van der Waals surface area contributed by atoms with E-state index in [0.717, 1.165) is 37.2 Å². The molecule has 2 fully saturated rings. The summed E-state index contributed by atoms with van der Waals surface area (Å²) in [6.45, 7) is 2.09. The summed E-state index contributed by atoms with van der Waals surface area (Å²) in [7, 11) is 1.88. The van der Waals surface area contributed by atoms with Crippen molar-refractivity contribution in [3.05, 3.63) is 40.9 Å². The summed E-state index contributed by atoms with van der Waals surface area (Å²) in [5.41, 5.74) is 0.761. The SMILES string of the molecule is CCCc1nc(C(=O)N(C)C2CC3CCC(C2)N3)nn1-c1ccccc1Cl. The molecule has 3 heterocycles. The molecule has 27 heavy (non-hydrogen) atoms. The van der Waals surface area contributed by atoms with Gasteiger partial charge in [0, 0.05) is 31.6 Å². The highest BCUT2D eigenvalue weighted by molar-refractivity contribution is 6.32. The molecule has 1 N–H and O–H groups in total. The lowest BCUT2D eigenvalue weighted by Gasteiger charge is -2.35. The Kier molecular flexibility index (Phi) is 5.19. The quantitative estimate of drug-likeness (QED) is 0.855. The van der Waals surface area contributed by atoms with Gasteiger partial charge in [-0.25, -0.2) is 9.67 Å². The average Bonchev–Trinajstić information content (AvgIpc) is 3.24. The zero-order valence-corrected chi connectivity index (χ0v) is 16.6. The molecule has 0 radical (unpaired) electrons. The highest BCUT2D eigenvalue weighted by atomic mass is 35.5. The highest BCUT2D eigenvalue weighted by Gasteiger charge is 2.37. The van der Waals surface area contributed by atoms with Crippen LogP contribution in [0.15, 0.2) is 24.3 Å². The fourth-order valence-electron chi connectivity index (χ4n) is 4.30. The molecule has 0 saturated carbocycles. The number of aromatic nitrogens is 3. The van der Waals surface area contributed by atoms with E-state index in [1.807, 2.05) is 36.2 Å². The van der Waals surface area contributed by atoms with E-state index in [-0.39, 0.29) is 17.8 Å². The number of carbonyl (C=O) groups is 1. The number of hydrogen-bond donors (Lipinski definition) is 1. The van der Waals surface area contributed by atoms with Gasteiger partial charge in [-0.3, -0.25) is 4.79 Å². The number of amides is 1. The van der Waals surface area contributed by atoms with E-state index in [2.05, 4.69) is 22.3 Å². The molecule has 2 aromatic rings. The lowest BCUT2D eigenvalue weighted by molar-refractivity contribution is 0.0669. The van der Waals surface area contributed by atoms with E-state index in [1.54, 1.807) is 4.68 Å². The summed E-state index contributed by atoms with van der Waals surface area (Å²) < 4.78 is 1.72. The van der Waals surface area contributed by atoms with E-state index >= 15 is 0 Å². The number of nitrogens with zero attached hydrogens (tertiary/aromatic N) is 4. The first-order valence-corrected chi connectivity index (χ1v) is 10.2. The molecule has 1 aromatic carbocycles. The van der Waals surface area contributed by atoms with Crippen LogP contribution < -0.4 is 5.32 Å². The van der Waals surface area contributed by atoms with Gasteiger partial charge in [0.05, 0.1) is 10.7 Å². The zero-order valence-electron chi connectivity index (χ0n) is 15.9. The third kappa shape index (κ3) is 3.60. The van der Waals surface area contributed by atoms with Crippen LogP contribution in [0.1, 0.15) is 55.5 Å². The Balaban J connectivity index is 1.60. The van der Waals surface area contributed by atoms with E-state index in [1.165, 1.54) is 12.8 Å². The second kappa shape index (κ2) is 7.60. The average molecular weight is 388 g/mol. The molecule has 2 saturated heterocycles. The number of carbonyl (C=O) groups excluding carboxylic acids is 1. The van der Waals surface area contributed by atoms with Crippen LogP contribution in [0.3, 0.4) is 0 Å². The number of hydrogen-bond acceptors (Lipinski definition) is 4. The first kappa shape index (κ1) is 18.4. The van der Waals surface area contributed by atoms with Crippen molar-refractivity contribution in [1.82, 2.24) is 25.0 Å². The van der Waals surface area contributed by atoms with Crippen LogP contribution in [0.4, 0.5) is 0 Å². The Hall–Kier alpha value is -1.92. The van der Waals surface area contributed by atoms with Crippen molar-refractivity contribution >= 4 is 17.5 Å². The molecule has 7 heteroatoms. The number of nitrogens with one attached hydrogen (secondary N) is 1. The first-order chi connectivity index (χ1) is 13.1. The molecule has 2 bridgehead atoms. The minimum atomic E-state index is -0.107. The van der Waals surface area contributed by atoms with Crippen LogP contribution in [-0.2, 0) is 6.42 Å². The summed E-state index contributed by atoms with van der Waals surface area (Å²) in [5, 5.41) is 8.77. The third-order valence-corrected chi connectivity index (χ3v) is 6.06. The number of fused-ring (bicyclic) bond motifs is 2. The van der Waals surface area contributed by atoms with Crippen molar-refractivity contribution in [2.75, 3.05) is 7.05 Å². The maximum absolute atomic E-state index is 13.1. The molecule has 2 atom stereocenters. The summed E-state index contributed by atoms with van der Waals surface area (Å²) in [6, 6.07) is 8.84. The van der Waals surface area contributed by atoms with Gasteiger partial charge in [0.2, 0.25) is 5.82 Å². The third-order valence-electron chi connectivity index (χ3n) is 5.74. The van der Waals surface area contributed by atoms with Crippen LogP contribution in [-0.4, -0.2) is 50.7 Å². The predicted molar refractivity (Wildman–Crippen MR) is 105 cm³/mol. The Morgan fingerprint density at radius 2 is 2.00 bits per heavy atom. The first-order valence-electron chi connectivity index (χ1n) is 9.81. The van der Waals surface area contributed by atoms with Crippen LogP contribution >= 0.6 is 11.6 Å². The Labute approximate surface area is 164 Å². The largest absolute Gasteiger partial charge is 0.336 e. The molecular weight excluding hydrogens is 362 g/mol. The molecule has 0 aliphatic carbocycles. The number of piperidine rings is 1. The summed E-state index contributed by atoms with van der Waals surface area (Å²) in [6.07, 6.45) is 6.10. The van der Waals surface area contributed by atoms with Crippen molar-refractivity contribution in [2.45, 2.75) is 63.6 Å². The summed E-state index contributed by atoms with van der Waals surface area (Å²) in [5.74, 6) is 0.920. The van der Waals surface area contributed by atoms with Crippen molar-refractivity contribution in [3.8, 4) is 5.69 Å². The van der Waals surface area contributed by atoms with Crippen LogP contribution in [0.2, 0.25) is 5.02 Å². The second-order valence-corrected chi connectivity index (χ2v) is 8.05. The normalized spacial score (nSPS) is 24.2. The van der Waals surface area contributed by atoms with Crippen molar-refractivity contribution in [1.29, 1.82) is 0 Å². The van der Waals surface area contributed by atoms with Gasteiger partial charge in [-0.05, 0) is 44.2 Å². The summed E-state index contributed by atoms with van der Waals surface area (Å²) >= 11 is 6.35. The highest BCUT2D eigenvalue weighted by Crippen LogP contribution is 2.30. The number of halogens is 1. The second-order valence-electron chi connectivity index (χ2n) is 7.64. The lowest BCUT2D eigenvalue weighted by atomic mass is 9.98. The van der Waals surface area contributed by atoms with Gasteiger partial charge < -0.3 is 10.2 Å². The standard InChI is InChI=1S/C20H26ClN5O/c1-3-6-18-23-19(24-26(18)17-8-5-4-7-16(17)21)20(27)25(2)15-11-13-9-10-14(12-15)22-13/h4-5,7-8,13-15,22H,3,6,9-12H2,1-2H3. The van der Waals surface area contributed by atoms with Crippen molar-refractivity contribution in [3.63, 3.8) is 0 Å². The zero-order chi connectivity index (χ0) is 19.0. The van der Waals surface area contributed by atoms with Gasteiger partial charge in [-0.15, -0.1) is 5.10 Å². The van der Waals surface area contributed by atoms with Gasteiger partial charge in [0.15, 0.2) is 0 Å². The van der Waals surface area contributed by atoms with Gasteiger partial charge >= 0.3 is 0 Å². The fourth-order valence-corrected chi connectivity index (χ4v) is 4.52. The molecule has 2 aliphatic rings. The molecule has 2 aliphatic heterocycles. The maximum Gasteiger partial charge on any atom is 0.293 e. The van der Waals surface area contributed by atoms with Crippen LogP contribution in [0.25, 0.3) is 5.69 Å². The van der Waals surface area contributed by atoms with E-state index in [9.17, 15) is 4.79 Å². The molecule has 144 valence electrons. The monoisotopic (exact) mass is 387 g/mol. The van der Waals surface area contributed by atoms with Crippen molar-refractivity contribution in [2.24, 2.45) is 0 Å². The Morgan fingerprint density at radius 1 is 1.30 bits per heavy atom. The molecule has 2 unspecified atom stereocenters. The van der Waals surface area contributed by atoms with Crippen LogP contribution in [0, 0.1) is 0 Å². The van der Waals surface area contributed by atoms with Gasteiger partial charge in [-0.2, -0.15) is 0 Å². The van der Waals surface area contributed by atoms with Gasteiger partial charge in [0.1, 0.15) is 5.82 Å². The molecule has 4 rings (SSSR count). The van der Waals surface area contributed by atoms with Crippen molar-refractivity contribution < 1.29 is 4.79 Å². The lowest BCUT2D eigenvalue weighted by Crippen LogP contribution is -2.48. The fraction of sp³-hybridized carbons (Fsp3) is 0.550. The molecule has 0 spiro atoms. The smallest absolute Gasteiger partial charge is 0.293 e. The van der Waals surface area contributed by atoms with Gasteiger partial charge in [0.25, 0.3) is 5.91 Å². The number of aryl methyl sites for hydroxylation is 1. The summed E-state index contributed by atoms with van der Waals surface area (Å²) in [4.78, 5) is 19.5. The number of para-hydroxylation sites is 1. The molecule has 6 nitrogen and oxygen atoms in total. The predicted octanol–water partition coefficient (Wildman–Crippen LogP) is 3.23. The van der Waals surface area contributed by atoms with E-state index in [0.29, 0.717) is 17.1 Å². The molecule has 1 amide bonds. The molecular formula is C20H26ClN5O. The van der Waals surface area contributed by atoms with Crippen LogP contribution in [0.5, 0.6) is 0 Å². The minimum Gasteiger partial charge on any atom is -0.336 e. The number of rotatable bonds is 5. The Morgan fingerprint density at radius 3 is 2.67 bits per heavy atom. The maximum atomic E-state index is 13.1. The molecule has 1 aromatic heterocycles. The topological polar surface area (TPSA) is 63.1 Å². The number of benzene rings is 1. The van der Waals surface area contributed by atoms with Gasteiger partial charge in [-0.1, -0.05) is 30.7 Å². The van der Waals surface area contributed by atoms with E-state index in [4.69, 9.17) is 11.6 Å². The minimum absolute atomic E-state index is 0.107. The Bertz CT molecular complexity index is 824.